The molecule has 0 radical (unpaired) electrons. The molecular weight excluding hydrogens is 412 g/mol. The molecule has 33 heavy (non-hydrogen) atoms. The van der Waals surface area contributed by atoms with Crippen LogP contribution < -0.4 is 10.9 Å². The highest BCUT2D eigenvalue weighted by molar-refractivity contribution is 5.35. The molecule has 7 rings (SSSR count). The van der Waals surface area contributed by atoms with Gasteiger partial charge in [0.2, 0.25) is 0 Å². The molecule has 3 heterocycles. The fourth-order valence-electron chi connectivity index (χ4n) is 10.1. The molecule has 0 unspecified atom stereocenters. The molecule has 2 saturated heterocycles. The maximum absolute atomic E-state index is 11.6. The Morgan fingerprint density at radius 2 is 1.85 bits per heavy atom. The van der Waals surface area contributed by atoms with Crippen LogP contribution in [0.2, 0.25) is 0 Å². The fraction of sp³-hybridized carbons (Fsp3) is 0.821. The summed E-state index contributed by atoms with van der Waals surface area (Å²) in [6, 6.07) is 4.43. The van der Waals surface area contributed by atoms with E-state index in [1.807, 2.05) is 6.07 Å². The Balaban J connectivity index is 1.14. The molecule has 1 N–H and O–H groups in total. The van der Waals surface area contributed by atoms with Crippen molar-refractivity contribution in [1.82, 2.24) is 10.2 Å². The van der Waals surface area contributed by atoms with Gasteiger partial charge in [0.15, 0.2) is 0 Å². The molecule has 0 aromatic carbocycles. The third-order valence-electron chi connectivity index (χ3n) is 11.9. The highest BCUT2D eigenvalue weighted by Crippen LogP contribution is 2.78. The Morgan fingerprint density at radius 3 is 2.64 bits per heavy atom. The Hall–Kier alpha value is -1.17. The summed E-state index contributed by atoms with van der Waals surface area (Å²) in [5.74, 6) is 2.85. The third kappa shape index (κ3) is 2.79. The Labute approximate surface area is 197 Å². The molecule has 1 aromatic rings. The van der Waals surface area contributed by atoms with Gasteiger partial charge in [-0.15, -0.1) is 0 Å². The number of ether oxygens (including phenoxy) is 1. The lowest BCUT2D eigenvalue weighted by molar-refractivity contribution is -0.135. The van der Waals surface area contributed by atoms with Crippen LogP contribution in [0.1, 0.15) is 76.7 Å². The number of nitrogens with one attached hydrogen (secondary N) is 1. The van der Waals surface area contributed by atoms with E-state index in [0.29, 0.717) is 23.4 Å². The summed E-state index contributed by atoms with van der Waals surface area (Å²) in [6.07, 6.45) is 12.8. The Kier molecular flexibility index (Phi) is 4.60. The molecule has 0 amide bonds. The van der Waals surface area contributed by atoms with Gasteiger partial charge in [0.25, 0.3) is 0 Å². The van der Waals surface area contributed by atoms with Gasteiger partial charge in [-0.1, -0.05) is 13.8 Å². The van der Waals surface area contributed by atoms with E-state index >= 15 is 0 Å². The van der Waals surface area contributed by atoms with Gasteiger partial charge < -0.3 is 14.5 Å². The number of rotatable bonds is 2. The summed E-state index contributed by atoms with van der Waals surface area (Å²) >= 11 is 0. The molecule has 4 saturated carbocycles. The van der Waals surface area contributed by atoms with Gasteiger partial charge in [-0.3, -0.25) is 4.90 Å². The lowest BCUT2D eigenvalue weighted by atomic mass is 9.44. The predicted molar refractivity (Wildman–Crippen MR) is 127 cm³/mol. The Bertz CT molecular complexity index is 967. The van der Waals surface area contributed by atoms with Crippen molar-refractivity contribution in [2.75, 3.05) is 26.2 Å². The number of hydrogen-bond donors (Lipinski definition) is 1. The summed E-state index contributed by atoms with van der Waals surface area (Å²) < 4.78 is 12.0. The monoisotopic (exact) mass is 452 g/mol. The number of piperazine rings is 1. The van der Waals surface area contributed by atoms with Crippen molar-refractivity contribution in [3.63, 3.8) is 0 Å². The summed E-state index contributed by atoms with van der Waals surface area (Å²) in [7, 11) is 0. The van der Waals surface area contributed by atoms with Crippen molar-refractivity contribution in [1.29, 1.82) is 0 Å². The third-order valence-corrected chi connectivity index (χ3v) is 11.9. The van der Waals surface area contributed by atoms with Crippen LogP contribution in [-0.2, 0) is 4.74 Å². The van der Waals surface area contributed by atoms with E-state index in [2.05, 4.69) is 24.1 Å². The molecule has 1 spiro atoms. The molecule has 1 aromatic heterocycles. The lowest BCUT2D eigenvalue weighted by Crippen LogP contribution is -2.59. The van der Waals surface area contributed by atoms with E-state index in [9.17, 15) is 4.79 Å². The van der Waals surface area contributed by atoms with Crippen molar-refractivity contribution in [2.24, 2.45) is 28.6 Å². The number of fused-ring (bicyclic) bond motifs is 3. The molecule has 6 aliphatic rings. The zero-order valence-electron chi connectivity index (χ0n) is 20.4. The topological polar surface area (TPSA) is 58.0 Å². The van der Waals surface area contributed by atoms with Crippen molar-refractivity contribution in [3.8, 4) is 0 Å². The summed E-state index contributed by atoms with van der Waals surface area (Å²) in [5, 5.41) is 3.53. The van der Waals surface area contributed by atoms with Gasteiger partial charge in [-0.25, -0.2) is 4.79 Å². The van der Waals surface area contributed by atoms with E-state index in [1.54, 1.807) is 12.3 Å². The number of nitrogens with zero attached hydrogens (tertiary/aromatic N) is 1. The van der Waals surface area contributed by atoms with E-state index in [-0.39, 0.29) is 16.6 Å². The quantitative estimate of drug-likeness (QED) is 0.683. The highest BCUT2D eigenvalue weighted by Gasteiger charge is 2.80. The summed E-state index contributed by atoms with van der Waals surface area (Å²) in [6.45, 7) is 9.96. The van der Waals surface area contributed by atoms with Gasteiger partial charge in [-0.05, 0) is 92.1 Å². The van der Waals surface area contributed by atoms with Crippen LogP contribution in [0, 0.1) is 28.6 Å². The second-order valence-electron chi connectivity index (χ2n) is 12.7. The van der Waals surface area contributed by atoms with Crippen LogP contribution in [0.3, 0.4) is 0 Å². The fourth-order valence-corrected chi connectivity index (χ4v) is 10.1. The van der Waals surface area contributed by atoms with Crippen molar-refractivity contribution >= 4 is 0 Å². The average molecular weight is 453 g/mol. The minimum absolute atomic E-state index is 0.0695. The smallest absolute Gasteiger partial charge is 0.335 e. The number of epoxide rings is 1. The van der Waals surface area contributed by atoms with Gasteiger partial charge >= 0.3 is 5.63 Å². The lowest BCUT2D eigenvalue weighted by Gasteiger charge is -2.61. The minimum Gasteiger partial charge on any atom is -0.431 e. The zero-order valence-corrected chi connectivity index (χ0v) is 20.4. The van der Waals surface area contributed by atoms with Crippen LogP contribution in [0.5, 0.6) is 0 Å². The molecular formula is C28H40N2O3. The van der Waals surface area contributed by atoms with E-state index in [4.69, 9.17) is 9.15 Å². The SMILES string of the molecule is C[C@]12CC[C@H](N3CCNCC3)C[C@H]1CC[C@@H]1[C@@H]2CC[C@]2(C)[C@@H](c3ccc(=O)oc3)C[C@H]3O[C@]132. The first-order valence-electron chi connectivity index (χ1n) is 13.7. The molecule has 9 atom stereocenters. The van der Waals surface area contributed by atoms with Crippen LogP contribution in [0.15, 0.2) is 27.6 Å². The van der Waals surface area contributed by atoms with E-state index in [0.717, 1.165) is 37.4 Å². The maximum atomic E-state index is 11.6. The summed E-state index contributed by atoms with van der Waals surface area (Å²) in [5.41, 5.74) is 1.68. The van der Waals surface area contributed by atoms with Crippen molar-refractivity contribution in [3.05, 3.63) is 34.4 Å². The minimum atomic E-state index is -0.246. The zero-order chi connectivity index (χ0) is 22.4. The first-order valence-corrected chi connectivity index (χ1v) is 13.7. The second kappa shape index (κ2) is 7.18. The summed E-state index contributed by atoms with van der Waals surface area (Å²) in [4.78, 5) is 14.3. The van der Waals surface area contributed by atoms with Gasteiger partial charge in [0.05, 0.1) is 12.4 Å². The molecule has 0 bridgehead atoms. The molecule has 2 aliphatic heterocycles. The van der Waals surface area contributed by atoms with Crippen LogP contribution in [0.4, 0.5) is 0 Å². The standard InChI is InChI=1S/C28H40N2O3/c1-26-9-7-20(30-13-11-29-12-14-30)15-19(26)4-5-22-21(26)8-10-27(2)23(16-24-28(22,27)33-24)18-3-6-25(31)32-17-18/h3,6,17,19-24,29H,4-5,7-16H2,1-2H3/t19-,20+,21+,22-,23-,24-,26+,27-,28-/m1/s1. The van der Waals surface area contributed by atoms with E-state index in [1.165, 1.54) is 63.6 Å². The molecule has 6 fully saturated rings. The van der Waals surface area contributed by atoms with E-state index < -0.39 is 0 Å². The first-order chi connectivity index (χ1) is 16.0. The van der Waals surface area contributed by atoms with Crippen molar-refractivity contribution < 1.29 is 9.15 Å². The van der Waals surface area contributed by atoms with Crippen LogP contribution in [0.25, 0.3) is 0 Å². The molecule has 180 valence electrons. The second-order valence-corrected chi connectivity index (χ2v) is 12.7. The molecule has 5 heteroatoms. The molecule has 4 aliphatic carbocycles. The van der Waals surface area contributed by atoms with Crippen LogP contribution in [-0.4, -0.2) is 48.8 Å². The normalized spacial score (nSPS) is 51.2. The van der Waals surface area contributed by atoms with Gasteiger partial charge in [-0.2, -0.15) is 0 Å². The predicted octanol–water partition coefficient (Wildman–Crippen LogP) is 4.17. The largest absolute Gasteiger partial charge is 0.431 e. The van der Waals surface area contributed by atoms with Gasteiger partial charge in [0, 0.05) is 43.7 Å². The number of hydrogen-bond acceptors (Lipinski definition) is 5. The van der Waals surface area contributed by atoms with Gasteiger partial charge in [0.1, 0.15) is 5.60 Å². The van der Waals surface area contributed by atoms with Crippen molar-refractivity contribution in [2.45, 2.75) is 88.9 Å². The highest BCUT2D eigenvalue weighted by atomic mass is 16.6. The average Bonchev–Trinajstić information content (AvgIpc) is 3.49. The van der Waals surface area contributed by atoms with Crippen LogP contribution >= 0.6 is 0 Å². The maximum Gasteiger partial charge on any atom is 0.335 e. The first kappa shape index (κ1) is 21.1. The Morgan fingerprint density at radius 1 is 1.00 bits per heavy atom. The molecule has 5 nitrogen and oxygen atoms in total.